The molecule has 2 amide bonds. The van der Waals surface area contributed by atoms with Crippen molar-refractivity contribution >= 4 is 28.8 Å². The van der Waals surface area contributed by atoms with Crippen LogP contribution in [0, 0.1) is 0 Å². The first-order chi connectivity index (χ1) is 16.4. The Hall–Kier alpha value is -3.20. The first-order valence-corrected chi connectivity index (χ1v) is 12.9. The quantitative estimate of drug-likeness (QED) is 0.625. The topological polar surface area (TPSA) is 113 Å². The van der Waals surface area contributed by atoms with E-state index in [0.29, 0.717) is 31.0 Å². The fourth-order valence-corrected chi connectivity index (χ4v) is 5.67. The summed E-state index contributed by atoms with van der Waals surface area (Å²) in [6.45, 7) is 0.851. The highest BCUT2D eigenvalue weighted by atomic mass is 32.2. The minimum Gasteiger partial charge on any atom is -0.481 e. The zero-order valence-corrected chi connectivity index (χ0v) is 19.6. The van der Waals surface area contributed by atoms with E-state index in [4.69, 9.17) is 9.84 Å². The average Bonchev–Trinajstić information content (AvgIpc) is 2.98. The highest BCUT2D eigenvalue weighted by molar-refractivity contribution is 7.85. The standard InChI is InChI=1S/C25H28N2O6S/c28-23(29)11-10-22(24(30)27-12-5-14-34(32)15-13-27)26-25(31)33-16-21-19-8-3-1-6-17(19)18-7-2-4-9-20(18)21/h1-4,6-9,21-22H,5,10-16H2,(H,26,31)(H,28,29). The molecule has 1 saturated heterocycles. The first kappa shape index (κ1) is 23.9. The summed E-state index contributed by atoms with van der Waals surface area (Å²) in [5, 5.41) is 11.7. The van der Waals surface area contributed by atoms with E-state index in [-0.39, 0.29) is 31.3 Å². The van der Waals surface area contributed by atoms with Gasteiger partial charge in [0.1, 0.15) is 12.6 Å². The number of nitrogens with zero attached hydrogens (tertiary/aromatic N) is 1. The molecule has 2 aromatic carbocycles. The number of hydrogen-bond acceptors (Lipinski definition) is 5. The molecular weight excluding hydrogens is 456 g/mol. The van der Waals surface area contributed by atoms with Crippen LogP contribution in [0.2, 0.25) is 0 Å². The van der Waals surface area contributed by atoms with Gasteiger partial charge in [0.2, 0.25) is 5.91 Å². The minimum absolute atomic E-state index is 0.0437. The molecule has 2 aromatic rings. The van der Waals surface area contributed by atoms with Gasteiger partial charge in [-0.1, -0.05) is 48.5 Å². The molecule has 2 unspecified atom stereocenters. The molecule has 1 aliphatic heterocycles. The number of rotatable bonds is 7. The van der Waals surface area contributed by atoms with Crippen molar-refractivity contribution in [3.8, 4) is 11.1 Å². The lowest BCUT2D eigenvalue weighted by Crippen LogP contribution is -2.49. The van der Waals surface area contributed by atoms with Crippen LogP contribution in [0.4, 0.5) is 4.79 Å². The van der Waals surface area contributed by atoms with Crippen LogP contribution in [-0.4, -0.2) is 69.4 Å². The lowest BCUT2D eigenvalue weighted by Gasteiger charge is -2.26. The van der Waals surface area contributed by atoms with Crippen molar-refractivity contribution in [1.82, 2.24) is 10.2 Å². The second-order valence-corrected chi connectivity index (χ2v) is 10.2. The molecule has 0 bridgehead atoms. The monoisotopic (exact) mass is 484 g/mol. The largest absolute Gasteiger partial charge is 0.481 e. The summed E-state index contributed by atoms with van der Waals surface area (Å²) in [6, 6.07) is 15.0. The number of nitrogens with one attached hydrogen (secondary N) is 1. The first-order valence-electron chi connectivity index (χ1n) is 11.4. The van der Waals surface area contributed by atoms with Crippen molar-refractivity contribution < 1.29 is 28.4 Å². The van der Waals surface area contributed by atoms with Gasteiger partial charge in [-0.05, 0) is 35.1 Å². The van der Waals surface area contributed by atoms with Crippen LogP contribution in [0.5, 0.6) is 0 Å². The Morgan fingerprint density at radius 2 is 1.68 bits per heavy atom. The van der Waals surface area contributed by atoms with E-state index >= 15 is 0 Å². The van der Waals surface area contributed by atoms with E-state index in [9.17, 15) is 18.6 Å². The van der Waals surface area contributed by atoms with Crippen molar-refractivity contribution in [3.63, 3.8) is 0 Å². The maximum absolute atomic E-state index is 13.1. The number of carboxylic acid groups (broad SMARTS) is 1. The normalized spacial score (nSPS) is 18.4. The lowest BCUT2D eigenvalue weighted by atomic mass is 9.98. The minimum atomic E-state index is -1.05. The summed E-state index contributed by atoms with van der Waals surface area (Å²) in [5.74, 6) is -0.629. The third-order valence-corrected chi connectivity index (χ3v) is 7.66. The van der Waals surface area contributed by atoms with Crippen molar-refractivity contribution in [2.24, 2.45) is 0 Å². The highest BCUT2D eigenvalue weighted by Gasteiger charge is 2.31. The summed E-state index contributed by atoms with van der Waals surface area (Å²) in [5.41, 5.74) is 4.38. The van der Waals surface area contributed by atoms with Gasteiger partial charge in [0.05, 0.1) is 0 Å². The summed E-state index contributed by atoms with van der Waals surface area (Å²) < 4.78 is 17.3. The van der Waals surface area contributed by atoms with Crippen molar-refractivity contribution in [1.29, 1.82) is 0 Å². The van der Waals surface area contributed by atoms with Crippen LogP contribution in [0.25, 0.3) is 11.1 Å². The Morgan fingerprint density at radius 1 is 1.03 bits per heavy atom. The number of fused-ring (bicyclic) bond motifs is 3. The van der Waals surface area contributed by atoms with Gasteiger partial charge in [-0.3, -0.25) is 13.8 Å². The van der Waals surface area contributed by atoms with Crippen molar-refractivity contribution in [2.45, 2.75) is 31.2 Å². The van der Waals surface area contributed by atoms with Crippen LogP contribution >= 0.6 is 0 Å². The fourth-order valence-electron chi connectivity index (χ4n) is 4.59. The Bertz CT molecular complexity index is 1060. The number of hydrogen-bond donors (Lipinski definition) is 2. The number of benzene rings is 2. The van der Waals surface area contributed by atoms with Gasteiger partial charge < -0.3 is 20.1 Å². The zero-order chi connectivity index (χ0) is 24.1. The third kappa shape index (κ3) is 5.47. The number of ether oxygens (including phenoxy) is 1. The molecule has 1 aliphatic carbocycles. The molecule has 2 N–H and O–H groups in total. The molecule has 0 spiro atoms. The molecule has 0 radical (unpaired) electrons. The van der Waals surface area contributed by atoms with Crippen LogP contribution in [0.3, 0.4) is 0 Å². The number of carbonyl (C=O) groups is 3. The molecule has 0 aromatic heterocycles. The van der Waals surface area contributed by atoms with E-state index in [1.54, 1.807) is 4.90 Å². The molecule has 4 rings (SSSR count). The van der Waals surface area contributed by atoms with Crippen molar-refractivity contribution in [2.75, 3.05) is 31.2 Å². The molecule has 180 valence electrons. The molecule has 1 heterocycles. The van der Waals surface area contributed by atoms with Crippen LogP contribution in [0.1, 0.15) is 36.3 Å². The fraction of sp³-hybridized carbons (Fsp3) is 0.400. The zero-order valence-electron chi connectivity index (χ0n) is 18.8. The second-order valence-electron chi connectivity index (χ2n) is 8.48. The van der Waals surface area contributed by atoms with Gasteiger partial charge in [0.25, 0.3) is 0 Å². The van der Waals surface area contributed by atoms with Gasteiger partial charge >= 0.3 is 12.1 Å². The van der Waals surface area contributed by atoms with Crippen LogP contribution in [0.15, 0.2) is 48.5 Å². The van der Waals surface area contributed by atoms with Gasteiger partial charge in [-0.15, -0.1) is 0 Å². The number of carboxylic acids is 1. The SMILES string of the molecule is O=C(O)CCC(NC(=O)OCC1c2ccccc2-c2ccccc21)C(=O)N1CCCS(=O)CC1. The van der Waals surface area contributed by atoms with E-state index in [1.165, 1.54) is 0 Å². The summed E-state index contributed by atoms with van der Waals surface area (Å²) >= 11 is 0. The van der Waals surface area contributed by atoms with E-state index in [2.05, 4.69) is 5.32 Å². The van der Waals surface area contributed by atoms with E-state index in [0.717, 1.165) is 22.3 Å². The Labute approximate surface area is 200 Å². The number of amides is 2. The molecule has 9 heteroatoms. The van der Waals surface area contributed by atoms with Crippen molar-refractivity contribution in [3.05, 3.63) is 59.7 Å². The van der Waals surface area contributed by atoms with Gasteiger partial charge in [0.15, 0.2) is 0 Å². The Kier molecular flexibility index (Phi) is 7.62. The Morgan fingerprint density at radius 3 is 2.32 bits per heavy atom. The van der Waals surface area contributed by atoms with Gasteiger partial charge in [0, 0.05) is 47.7 Å². The van der Waals surface area contributed by atoms with Crippen LogP contribution in [-0.2, 0) is 25.1 Å². The predicted molar refractivity (Wildman–Crippen MR) is 128 cm³/mol. The maximum Gasteiger partial charge on any atom is 0.407 e. The Balaban J connectivity index is 1.42. The second kappa shape index (κ2) is 10.8. The summed E-state index contributed by atoms with van der Waals surface area (Å²) in [6.07, 6.45) is -0.462. The molecule has 2 atom stereocenters. The van der Waals surface area contributed by atoms with Gasteiger partial charge in [-0.25, -0.2) is 4.79 Å². The van der Waals surface area contributed by atoms with Gasteiger partial charge in [-0.2, -0.15) is 0 Å². The predicted octanol–water partition coefficient (Wildman–Crippen LogP) is 2.74. The average molecular weight is 485 g/mol. The molecule has 2 aliphatic rings. The third-order valence-electron chi connectivity index (χ3n) is 6.28. The number of alkyl carbamates (subject to hydrolysis) is 1. The maximum atomic E-state index is 13.1. The smallest absolute Gasteiger partial charge is 0.407 e. The number of aliphatic carboxylic acids is 1. The lowest BCUT2D eigenvalue weighted by molar-refractivity contribution is -0.138. The summed E-state index contributed by atoms with van der Waals surface area (Å²) in [7, 11) is -0.971. The molecule has 1 fully saturated rings. The van der Waals surface area contributed by atoms with Crippen LogP contribution < -0.4 is 5.32 Å². The van der Waals surface area contributed by atoms with E-state index in [1.807, 2.05) is 48.5 Å². The number of carbonyl (C=O) groups excluding carboxylic acids is 2. The molecular formula is C25H28N2O6S. The molecule has 0 saturated carbocycles. The summed E-state index contributed by atoms with van der Waals surface area (Å²) in [4.78, 5) is 38.4. The molecule has 34 heavy (non-hydrogen) atoms. The highest BCUT2D eigenvalue weighted by Crippen LogP contribution is 2.44. The van der Waals surface area contributed by atoms with E-state index < -0.39 is 28.9 Å². The molecule has 8 nitrogen and oxygen atoms in total.